The van der Waals surface area contributed by atoms with Crippen molar-refractivity contribution in [3.05, 3.63) is 39.0 Å². The summed E-state index contributed by atoms with van der Waals surface area (Å²) in [6.45, 7) is 2.02. The summed E-state index contributed by atoms with van der Waals surface area (Å²) >= 11 is 5.13. The van der Waals surface area contributed by atoms with Gasteiger partial charge in [-0.05, 0) is 31.3 Å². The van der Waals surface area contributed by atoms with Gasteiger partial charge in [0.25, 0.3) is 5.56 Å². The summed E-state index contributed by atoms with van der Waals surface area (Å²) < 4.78 is 7.15. The average molecular weight is 293 g/mol. The van der Waals surface area contributed by atoms with Crippen LogP contribution in [0.15, 0.2) is 23.0 Å². The predicted octanol–water partition coefficient (Wildman–Crippen LogP) is 1.28. The first-order valence-corrected chi connectivity index (χ1v) is 6.44. The number of aryl methyl sites for hydroxylation is 1. The maximum absolute atomic E-state index is 11.7. The van der Waals surface area contributed by atoms with E-state index in [2.05, 4.69) is 9.97 Å². The van der Waals surface area contributed by atoms with Gasteiger partial charge < -0.3 is 14.4 Å². The highest BCUT2D eigenvalue weighted by atomic mass is 32.1. The molecule has 0 aromatic carbocycles. The molecular weight excluding hydrogens is 278 g/mol. The monoisotopic (exact) mass is 293 g/mol. The molecule has 0 aliphatic carbocycles. The first-order valence-electron chi connectivity index (χ1n) is 6.04. The average Bonchev–Trinajstić information content (AvgIpc) is 2.41. The van der Waals surface area contributed by atoms with Crippen molar-refractivity contribution in [1.29, 1.82) is 0 Å². The molecule has 0 aliphatic heterocycles. The number of pyridine rings is 1. The van der Waals surface area contributed by atoms with E-state index in [0.717, 1.165) is 5.69 Å². The second-order valence-corrected chi connectivity index (χ2v) is 4.59. The molecule has 0 fully saturated rings. The van der Waals surface area contributed by atoms with Gasteiger partial charge in [0.1, 0.15) is 11.4 Å². The Morgan fingerprint density at radius 1 is 1.50 bits per heavy atom. The summed E-state index contributed by atoms with van der Waals surface area (Å²) in [6.07, 6.45) is 0. The smallest absolute Gasteiger partial charge is 0.252 e. The highest BCUT2D eigenvalue weighted by Crippen LogP contribution is 2.27. The van der Waals surface area contributed by atoms with Crippen LogP contribution >= 0.6 is 12.2 Å². The van der Waals surface area contributed by atoms with Gasteiger partial charge in [0, 0.05) is 18.3 Å². The minimum atomic E-state index is -0.315. The van der Waals surface area contributed by atoms with Gasteiger partial charge in [0.15, 0.2) is 4.77 Å². The number of methoxy groups -OCH3 is 1. The third-order valence-electron chi connectivity index (χ3n) is 2.82. The van der Waals surface area contributed by atoms with Crippen LogP contribution in [-0.2, 0) is 6.54 Å². The first kappa shape index (κ1) is 14.4. The molecule has 0 saturated carbocycles. The molecule has 0 spiro atoms. The standard InChI is InChI=1S/C13H15N3O3S/c1-8-3-4-10(19-2)12(14-8)9-7-11(18)15-13(20)16(9)5-6-17/h3-4,7,17H,5-6H2,1-2H3,(H,15,18,20). The molecule has 0 radical (unpaired) electrons. The van der Waals surface area contributed by atoms with Gasteiger partial charge in [-0.1, -0.05) is 0 Å². The van der Waals surface area contributed by atoms with Crippen molar-refractivity contribution in [2.45, 2.75) is 13.5 Å². The Balaban J connectivity index is 2.77. The number of aliphatic hydroxyl groups is 1. The van der Waals surface area contributed by atoms with Gasteiger partial charge in [-0.15, -0.1) is 0 Å². The quantitative estimate of drug-likeness (QED) is 0.830. The van der Waals surface area contributed by atoms with Crippen LogP contribution in [0.1, 0.15) is 5.69 Å². The van der Waals surface area contributed by atoms with Crippen LogP contribution < -0.4 is 10.3 Å². The molecule has 0 amide bonds. The van der Waals surface area contributed by atoms with Crippen LogP contribution in [0.2, 0.25) is 0 Å². The first-order chi connectivity index (χ1) is 9.56. The fourth-order valence-corrected chi connectivity index (χ4v) is 2.22. The number of aromatic amines is 1. The Labute approximate surface area is 120 Å². The number of aliphatic hydroxyl groups excluding tert-OH is 1. The van der Waals surface area contributed by atoms with Crippen LogP contribution in [0.4, 0.5) is 0 Å². The van der Waals surface area contributed by atoms with Crippen LogP contribution in [0.25, 0.3) is 11.4 Å². The predicted molar refractivity (Wildman–Crippen MR) is 77.5 cm³/mol. The summed E-state index contributed by atoms with van der Waals surface area (Å²) in [5.41, 5.74) is 1.53. The van der Waals surface area contributed by atoms with E-state index in [1.165, 1.54) is 13.2 Å². The SMILES string of the molecule is COc1ccc(C)nc1-c1cc(=O)[nH]c(=S)n1CCO. The van der Waals surface area contributed by atoms with Gasteiger partial charge in [0.2, 0.25) is 0 Å². The van der Waals surface area contributed by atoms with E-state index in [1.54, 1.807) is 10.6 Å². The summed E-state index contributed by atoms with van der Waals surface area (Å²) in [5, 5.41) is 9.16. The summed E-state index contributed by atoms with van der Waals surface area (Å²) in [7, 11) is 1.54. The van der Waals surface area contributed by atoms with Crippen molar-refractivity contribution in [3.63, 3.8) is 0 Å². The molecule has 0 saturated heterocycles. The van der Waals surface area contributed by atoms with Gasteiger partial charge >= 0.3 is 0 Å². The zero-order valence-corrected chi connectivity index (χ0v) is 12.0. The highest BCUT2D eigenvalue weighted by molar-refractivity contribution is 7.71. The lowest BCUT2D eigenvalue weighted by atomic mass is 10.2. The number of hydrogen-bond donors (Lipinski definition) is 2. The van der Waals surface area contributed by atoms with Crippen molar-refractivity contribution >= 4 is 12.2 Å². The second-order valence-electron chi connectivity index (χ2n) is 4.20. The van der Waals surface area contributed by atoms with Gasteiger partial charge in [-0.2, -0.15) is 0 Å². The van der Waals surface area contributed by atoms with Gasteiger partial charge in [0.05, 0.1) is 19.4 Å². The maximum Gasteiger partial charge on any atom is 0.252 e. The van der Waals surface area contributed by atoms with Crippen LogP contribution in [0.5, 0.6) is 5.75 Å². The van der Waals surface area contributed by atoms with Crippen LogP contribution in [0.3, 0.4) is 0 Å². The second kappa shape index (κ2) is 5.98. The topological polar surface area (TPSA) is 80.1 Å². The number of nitrogens with zero attached hydrogens (tertiary/aromatic N) is 2. The lowest BCUT2D eigenvalue weighted by Crippen LogP contribution is -2.17. The summed E-state index contributed by atoms with van der Waals surface area (Å²) in [6, 6.07) is 5.00. The third-order valence-corrected chi connectivity index (χ3v) is 3.14. The van der Waals surface area contributed by atoms with Crippen LogP contribution in [-0.4, -0.2) is 33.4 Å². The van der Waals surface area contributed by atoms with Gasteiger partial charge in [-0.25, -0.2) is 4.98 Å². The maximum atomic E-state index is 11.7. The number of ether oxygens (including phenoxy) is 1. The number of H-pyrrole nitrogens is 1. The molecule has 2 aromatic heterocycles. The van der Waals surface area contributed by atoms with E-state index < -0.39 is 0 Å². The molecule has 2 heterocycles. The molecule has 0 atom stereocenters. The molecule has 0 aliphatic rings. The largest absolute Gasteiger partial charge is 0.494 e. The Hall–Kier alpha value is -1.99. The molecule has 2 rings (SSSR count). The number of hydrogen-bond acceptors (Lipinski definition) is 5. The molecule has 6 nitrogen and oxygen atoms in total. The van der Waals surface area contributed by atoms with E-state index in [4.69, 9.17) is 22.1 Å². The third kappa shape index (κ3) is 2.78. The molecule has 0 unspecified atom stereocenters. The minimum Gasteiger partial charge on any atom is -0.494 e. The van der Waals surface area contributed by atoms with E-state index in [9.17, 15) is 4.79 Å². The highest BCUT2D eigenvalue weighted by Gasteiger charge is 2.13. The number of aromatic nitrogens is 3. The summed E-state index contributed by atoms with van der Waals surface area (Å²) in [4.78, 5) is 18.6. The van der Waals surface area contributed by atoms with Crippen LogP contribution in [0, 0.1) is 11.7 Å². The Kier molecular flexibility index (Phi) is 4.31. The zero-order chi connectivity index (χ0) is 14.7. The zero-order valence-electron chi connectivity index (χ0n) is 11.2. The fraction of sp³-hybridized carbons (Fsp3) is 0.308. The lowest BCUT2D eigenvalue weighted by molar-refractivity contribution is 0.275. The Morgan fingerprint density at radius 3 is 2.90 bits per heavy atom. The molecule has 106 valence electrons. The Bertz CT molecular complexity index is 736. The summed E-state index contributed by atoms with van der Waals surface area (Å²) in [5.74, 6) is 0.544. The van der Waals surface area contributed by atoms with Crippen molar-refractivity contribution < 1.29 is 9.84 Å². The normalized spacial score (nSPS) is 10.6. The molecular formula is C13H15N3O3S. The molecule has 20 heavy (non-hydrogen) atoms. The molecule has 0 bridgehead atoms. The van der Waals surface area contributed by atoms with E-state index in [0.29, 0.717) is 17.1 Å². The van der Waals surface area contributed by atoms with Crippen molar-refractivity contribution in [1.82, 2.24) is 14.5 Å². The lowest BCUT2D eigenvalue weighted by Gasteiger charge is -2.14. The number of nitrogens with one attached hydrogen (secondary N) is 1. The molecule has 2 N–H and O–H groups in total. The molecule has 2 aromatic rings. The van der Waals surface area contributed by atoms with E-state index in [-0.39, 0.29) is 23.5 Å². The minimum absolute atomic E-state index is 0.0958. The number of rotatable bonds is 4. The van der Waals surface area contributed by atoms with E-state index >= 15 is 0 Å². The van der Waals surface area contributed by atoms with Crippen molar-refractivity contribution in [2.75, 3.05) is 13.7 Å². The van der Waals surface area contributed by atoms with Crippen molar-refractivity contribution in [3.8, 4) is 17.1 Å². The van der Waals surface area contributed by atoms with E-state index in [1.807, 2.05) is 13.0 Å². The Morgan fingerprint density at radius 2 is 2.25 bits per heavy atom. The van der Waals surface area contributed by atoms with Crippen molar-refractivity contribution in [2.24, 2.45) is 0 Å². The molecule has 7 heteroatoms. The fourth-order valence-electron chi connectivity index (χ4n) is 1.93. The van der Waals surface area contributed by atoms with Gasteiger partial charge in [-0.3, -0.25) is 9.78 Å².